The van der Waals surface area contributed by atoms with Crippen molar-refractivity contribution in [3.63, 3.8) is 0 Å². The molecule has 3 rings (SSSR count). The number of para-hydroxylation sites is 1. The van der Waals surface area contributed by atoms with Crippen molar-refractivity contribution in [2.24, 2.45) is 0 Å². The Kier molecular flexibility index (Phi) is 3.89. The highest BCUT2D eigenvalue weighted by Gasteiger charge is 2.27. The van der Waals surface area contributed by atoms with Gasteiger partial charge in [-0.1, -0.05) is 18.2 Å². The van der Waals surface area contributed by atoms with E-state index >= 15 is 0 Å². The van der Waals surface area contributed by atoms with Gasteiger partial charge >= 0.3 is 0 Å². The van der Waals surface area contributed by atoms with Gasteiger partial charge in [-0.25, -0.2) is 4.98 Å². The molecule has 1 aromatic carbocycles. The van der Waals surface area contributed by atoms with Crippen LogP contribution in [-0.2, 0) is 10.7 Å². The Morgan fingerprint density at radius 3 is 3.15 bits per heavy atom. The number of hydrogen-bond acceptors (Lipinski definition) is 4. The molecule has 104 valence electrons. The number of nitrogens with zero attached hydrogens (tertiary/aromatic N) is 1. The Morgan fingerprint density at radius 2 is 2.35 bits per heavy atom. The van der Waals surface area contributed by atoms with Crippen LogP contribution in [0.5, 0.6) is 5.75 Å². The molecule has 0 bridgehead atoms. The third-order valence-corrected chi connectivity index (χ3v) is 4.27. The van der Waals surface area contributed by atoms with Crippen LogP contribution in [0, 0.1) is 0 Å². The number of alkyl halides is 1. The maximum atomic E-state index is 12.4. The number of carbonyl (C=O) groups is 1. The zero-order chi connectivity index (χ0) is 13.9. The summed E-state index contributed by atoms with van der Waals surface area (Å²) in [6.45, 7) is 0.555. The number of nitrogens with one attached hydrogen (secondary N) is 1. The molecule has 0 fully saturated rings. The number of hydrogen-bond donors (Lipinski definition) is 1. The number of halogens is 1. The van der Waals surface area contributed by atoms with E-state index < -0.39 is 0 Å². The highest BCUT2D eigenvalue weighted by molar-refractivity contribution is 7.14. The quantitative estimate of drug-likeness (QED) is 0.884. The summed E-state index contributed by atoms with van der Waals surface area (Å²) in [6, 6.07) is 7.66. The van der Waals surface area contributed by atoms with Crippen molar-refractivity contribution in [1.82, 2.24) is 4.98 Å². The van der Waals surface area contributed by atoms with Crippen molar-refractivity contribution in [2.75, 3.05) is 11.9 Å². The Balaban J connectivity index is 1.78. The van der Waals surface area contributed by atoms with E-state index in [0.717, 1.165) is 17.0 Å². The van der Waals surface area contributed by atoms with Crippen molar-refractivity contribution in [3.05, 3.63) is 40.9 Å². The molecule has 1 unspecified atom stereocenters. The predicted molar refractivity (Wildman–Crippen MR) is 79.6 cm³/mol. The molecule has 20 heavy (non-hydrogen) atoms. The van der Waals surface area contributed by atoms with Crippen LogP contribution >= 0.6 is 22.9 Å². The van der Waals surface area contributed by atoms with Gasteiger partial charge in [0.15, 0.2) is 5.13 Å². The fourth-order valence-corrected chi connectivity index (χ4v) is 3.17. The molecule has 2 aromatic rings. The van der Waals surface area contributed by atoms with Crippen LogP contribution in [0.4, 0.5) is 5.13 Å². The molecule has 1 N–H and O–H groups in total. The molecular formula is C14H13ClN2O2S. The zero-order valence-corrected chi connectivity index (χ0v) is 12.2. The Labute approximate surface area is 125 Å². The van der Waals surface area contributed by atoms with Crippen molar-refractivity contribution in [2.45, 2.75) is 18.2 Å². The Bertz CT molecular complexity index is 629. The van der Waals surface area contributed by atoms with E-state index in [0.29, 0.717) is 24.0 Å². The highest BCUT2D eigenvalue weighted by Crippen LogP contribution is 2.34. The highest BCUT2D eigenvalue weighted by atomic mass is 35.5. The summed E-state index contributed by atoms with van der Waals surface area (Å²) in [4.78, 5) is 16.6. The van der Waals surface area contributed by atoms with Gasteiger partial charge in [0.05, 0.1) is 24.1 Å². The second-order valence-corrected chi connectivity index (χ2v) is 5.62. The summed E-state index contributed by atoms with van der Waals surface area (Å²) in [6.07, 6.45) is 0.677. The summed E-state index contributed by atoms with van der Waals surface area (Å²) >= 11 is 7.10. The van der Waals surface area contributed by atoms with Crippen LogP contribution < -0.4 is 10.1 Å². The number of fused-ring (bicyclic) bond motifs is 1. The van der Waals surface area contributed by atoms with Gasteiger partial charge in [-0.2, -0.15) is 0 Å². The van der Waals surface area contributed by atoms with Gasteiger partial charge in [-0.15, -0.1) is 22.9 Å². The van der Waals surface area contributed by atoms with Crippen LogP contribution in [0.2, 0.25) is 0 Å². The average molecular weight is 309 g/mol. The van der Waals surface area contributed by atoms with Crippen LogP contribution in [0.25, 0.3) is 0 Å². The molecule has 6 heteroatoms. The lowest BCUT2D eigenvalue weighted by molar-refractivity contribution is -0.118. The zero-order valence-electron chi connectivity index (χ0n) is 10.6. The first kappa shape index (κ1) is 13.4. The van der Waals surface area contributed by atoms with Crippen LogP contribution in [0.1, 0.15) is 23.6 Å². The van der Waals surface area contributed by atoms with E-state index in [1.165, 1.54) is 11.3 Å². The predicted octanol–water partition coefficient (Wildman–Crippen LogP) is 3.39. The third kappa shape index (κ3) is 2.64. The lowest BCUT2D eigenvalue weighted by atomic mass is 9.92. The van der Waals surface area contributed by atoms with Gasteiger partial charge in [0.2, 0.25) is 5.91 Å². The molecule has 1 aromatic heterocycles. The first-order valence-electron chi connectivity index (χ1n) is 6.31. The van der Waals surface area contributed by atoms with E-state index in [1.807, 2.05) is 29.6 Å². The summed E-state index contributed by atoms with van der Waals surface area (Å²) in [5, 5.41) is 5.30. The van der Waals surface area contributed by atoms with E-state index in [-0.39, 0.29) is 11.8 Å². The largest absolute Gasteiger partial charge is 0.493 e. The normalized spacial score (nSPS) is 17.1. The molecule has 1 aliphatic heterocycles. The average Bonchev–Trinajstić information content (AvgIpc) is 2.94. The minimum Gasteiger partial charge on any atom is -0.493 e. The number of carbonyl (C=O) groups excluding carboxylic acids is 1. The molecule has 1 atom stereocenters. The molecule has 2 heterocycles. The second-order valence-electron chi connectivity index (χ2n) is 4.49. The number of aromatic nitrogens is 1. The molecule has 0 radical (unpaired) electrons. The molecule has 1 aliphatic rings. The molecular weight excluding hydrogens is 296 g/mol. The molecule has 0 saturated heterocycles. The maximum absolute atomic E-state index is 12.4. The van der Waals surface area contributed by atoms with Gasteiger partial charge in [-0.3, -0.25) is 4.79 Å². The molecule has 0 spiro atoms. The minimum atomic E-state index is -0.191. The first-order valence-corrected chi connectivity index (χ1v) is 7.72. The van der Waals surface area contributed by atoms with Crippen LogP contribution in [0.3, 0.4) is 0 Å². The summed E-state index contributed by atoms with van der Waals surface area (Å²) in [5.41, 5.74) is 1.71. The Morgan fingerprint density at radius 1 is 1.50 bits per heavy atom. The second kappa shape index (κ2) is 5.81. The molecule has 0 saturated carbocycles. The van der Waals surface area contributed by atoms with Crippen molar-refractivity contribution in [1.29, 1.82) is 0 Å². The number of ether oxygens (including phenoxy) is 1. The number of benzene rings is 1. The maximum Gasteiger partial charge on any atom is 0.233 e. The van der Waals surface area contributed by atoms with Gasteiger partial charge in [0.1, 0.15) is 5.75 Å². The first-order chi connectivity index (χ1) is 9.78. The molecule has 1 amide bonds. The minimum absolute atomic E-state index is 0.0452. The lowest BCUT2D eigenvalue weighted by Crippen LogP contribution is -2.26. The van der Waals surface area contributed by atoms with Crippen molar-refractivity contribution < 1.29 is 9.53 Å². The summed E-state index contributed by atoms with van der Waals surface area (Å²) < 4.78 is 5.57. The van der Waals surface area contributed by atoms with Gasteiger partial charge in [0.25, 0.3) is 0 Å². The van der Waals surface area contributed by atoms with Crippen molar-refractivity contribution >= 4 is 34.0 Å². The number of rotatable bonds is 3. The number of anilines is 1. The van der Waals surface area contributed by atoms with Crippen LogP contribution in [-0.4, -0.2) is 17.5 Å². The fraction of sp³-hybridized carbons (Fsp3) is 0.286. The summed E-state index contributed by atoms with van der Waals surface area (Å²) in [7, 11) is 0. The van der Waals surface area contributed by atoms with E-state index in [4.69, 9.17) is 16.3 Å². The van der Waals surface area contributed by atoms with Crippen molar-refractivity contribution in [3.8, 4) is 5.75 Å². The smallest absolute Gasteiger partial charge is 0.233 e. The summed E-state index contributed by atoms with van der Waals surface area (Å²) in [5.74, 6) is 0.908. The fourth-order valence-electron chi connectivity index (χ4n) is 2.23. The van der Waals surface area contributed by atoms with E-state index in [9.17, 15) is 4.79 Å². The van der Waals surface area contributed by atoms with E-state index in [2.05, 4.69) is 10.3 Å². The van der Waals surface area contributed by atoms with Gasteiger partial charge in [0, 0.05) is 10.9 Å². The standard InChI is InChI=1S/C14H13ClN2O2S/c15-7-9-8-20-14(16-9)17-13(18)11-5-6-19-12-4-2-1-3-10(11)12/h1-4,8,11H,5-7H2,(H,16,17,18). The monoisotopic (exact) mass is 308 g/mol. The third-order valence-electron chi connectivity index (χ3n) is 3.19. The van der Waals surface area contributed by atoms with E-state index in [1.54, 1.807) is 0 Å². The van der Waals surface area contributed by atoms with Gasteiger partial charge in [-0.05, 0) is 12.5 Å². The Hall–Kier alpha value is -1.59. The van der Waals surface area contributed by atoms with Crippen LogP contribution in [0.15, 0.2) is 29.6 Å². The number of thiazole rings is 1. The lowest BCUT2D eigenvalue weighted by Gasteiger charge is -2.24. The number of amides is 1. The molecule has 4 nitrogen and oxygen atoms in total. The van der Waals surface area contributed by atoms with Gasteiger partial charge < -0.3 is 10.1 Å². The molecule has 0 aliphatic carbocycles. The SMILES string of the molecule is O=C(Nc1nc(CCl)cs1)C1CCOc2ccccc21. The topological polar surface area (TPSA) is 51.2 Å².